The maximum atomic E-state index is 13.0. The molecule has 8 heteroatoms. The number of amides is 1. The van der Waals surface area contributed by atoms with Gasteiger partial charge in [0.2, 0.25) is 5.13 Å². The summed E-state index contributed by atoms with van der Waals surface area (Å²) in [5.74, 6) is 0.470. The number of aldehydes is 1. The normalized spacial score (nSPS) is 14.1. The monoisotopic (exact) mass is 464 g/mol. The van der Waals surface area contributed by atoms with Crippen molar-refractivity contribution in [2.24, 2.45) is 5.10 Å². The molecule has 1 aliphatic rings. The highest BCUT2D eigenvalue weighted by Crippen LogP contribution is 2.24. The molecule has 1 amide bonds. The van der Waals surface area contributed by atoms with Crippen LogP contribution < -0.4 is 10.2 Å². The van der Waals surface area contributed by atoms with Crippen molar-refractivity contribution >= 4 is 39.9 Å². The smallest absolute Gasteiger partial charge is 0.266 e. The summed E-state index contributed by atoms with van der Waals surface area (Å²) in [4.78, 5) is 30.1. The summed E-state index contributed by atoms with van der Waals surface area (Å²) in [6.07, 6.45) is 7.49. The summed E-state index contributed by atoms with van der Waals surface area (Å²) in [6.45, 7) is 12.3. The Bertz CT molecular complexity index is 1070. The van der Waals surface area contributed by atoms with E-state index in [0.717, 1.165) is 23.3 Å². The molecule has 0 unspecified atom stereocenters. The van der Waals surface area contributed by atoms with Crippen molar-refractivity contribution in [1.29, 1.82) is 0 Å². The number of carbonyl (C=O) groups excluding carboxylic acids is 2. The lowest BCUT2D eigenvalue weighted by Gasteiger charge is -2.34. The number of rotatable bonds is 9. The van der Waals surface area contributed by atoms with Gasteiger partial charge < -0.3 is 9.64 Å². The third kappa shape index (κ3) is 6.49. The molecule has 0 atom stereocenters. The van der Waals surface area contributed by atoms with Crippen LogP contribution in [0.4, 0.5) is 5.13 Å². The van der Waals surface area contributed by atoms with Crippen LogP contribution in [0.2, 0.25) is 0 Å². The fraction of sp³-hybridized carbons (Fsp3) is 0.280. The average Bonchev–Trinajstić information content (AvgIpc) is 3.30. The summed E-state index contributed by atoms with van der Waals surface area (Å²) < 4.78 is 5.92. The van der Waals surface area contributed by atoms with Gasteiger partial charge in [0.05, 0.1) is 5.69 Å². The molecule has 1 N–H and O–H groups in total. The highest BCUT2D eigenvalue weighted by atomic mass is 32.1. The first-order chi connectivity index (χ1) is 15.8. The summed E-state index contributed by atoms with van der Waals surface area (Å²) in [7, 11) is 0. The molecule has 33 heavy (non-hydrogen) atoms. The number of aromatic nitrogens is 1. The Hall–Kier alpha value is -3.52. The number of piperidine rings is 1. The Morgan fingerprint density at radius 2 is 1.97 bits per heavy atom. The van der Waals surface area contributed by atoms with Gasteiger partial charge in [-0.3, -0.25) is 15.0 Å². The van der Waals surface area contributed by atoms with Gasteiger partial charge in [0, 0.05) is 42.6 Å². The number of nitrogens with zero attached hydrogens (tertiary/aromatic N) is 3. The zero-order valence-corrected chi connectivity index (χ0v) is 19.7. The number of nitrogens with one attached hydrogen (secondary N) is 1. The van der Waals surface area contributed by atoms with Gasteiger partial charge in [-0.1, -0.05) is 31.4 Å². The minimum Gasteiger partial charge on any atom is -0.478 e. The van der Waals surface area contributed by atoms with Crippen molar-refractivity contribution < 1.29 is 14.3 Å². The van der Waals surface area contributed by atoms with Gasteiger partial charge in [-0.05, 0) is 43.7 Å². The summed E-state index contributed by atoms with van der Waals surface area (Å²) >= 11 is 1.46. The second-order valence-corrected chi connectivity index (χ2v) is 8.90. The predicted molar refractivity (Wildman–Crippen MR) is 134 cm³/mol. The lowest BCUT2D eigenvalue weighted by atomic mass is 10.0. The number of thiazole rings is 1. The van der Waals surface area contributed by atoms with E-state index in [1.165, 1.54) is 11.3 Å². The van der Waals surface area contributed by atoms with E-state index in [9.17, 15) is 9.59 Å². The first kappa shape index (κ1) is 24.1. The molecule has 2 aromatic rings. The topological polar surface area (TPSA) is 83.9 Å². The zero-order valence-electron chi connectivity index (χ0n) is 18.9. The number of hydrogen-bond donors (Lipinski definition) is 1. The van der Waals surface area contributed by atoms with E-state index in [1.807, 2.05) is 17.5 Å². The van der Waals surface area contributed by atoms with Crippen LogP contribution in [-0.4, -0.2) is 46.5 Å². The molecule has 1 aromatic heterocycles. The van der Waals surface area contributed by atoms with Crippen LogP contribution in [-0.2, 0) is 4.79 Å². The van der Waals surface area contributed by atoms with E-state index in [4.69, 9.17) is 4.74 Å². The molecule has 1 aliphatic heterocycles. The third-order valence-electron chi connectivity index (χ3n) is 5.11. The highest BCUT2D eigenvalue weighted by molar-refractivity contribution is 7.13. The van der Waals surface area contributed by atoms with Crippen LogP contribution in [0.5, 0.6) is 5.75 Å². The van der Waals surface area contributed by atoms with E-state index in [0.29, 0.717) is 42.4 Å². The van der Waals surface area contributed by atoms with E-state index >= 15 is 0 Å². The maximum absolute atomic E-state index is 13.0. The van der Waals surface area contributed by atoms with Crippen molar-refractivity contribution in [3.05, 3.63) is 72.3 Å². The average molecular weight is 465 g/mol. The first-order valence-electron chi connectivity index (χ1n) is 10.6. The molecule has 0 aliphatic carbocycles. The number of ether oxygens (including phenoxy) is 1. The third-order valence-corrected chi connectivity index (χ3v) is 5.86. The fourth-order valence-electron chi connectivity index (χ4n) is 3.28. The van der Waals surface area contributed by atoms with Crippen LogP contribution in [0, 0.1) is 0 Å². The Morgan fingerprint density at radius 1 is 1.27 bits per heavy atom. The second-order valence-electron chi connectivity index (χ2n) is 8.04. The standard InChI is InChI=1S/C25H28N4O3S/c1-5-6-7-18(2)22-17-33-24(26-22)28-27-20-12-14-29(15-13-20)23(31)25(3,4)32-21-10-8-19(16-30)9-11-21/h5-11,16-17H,1-2,12-15H2,3-4H3,(H,26,28)/b7-6-. The number of anilines is 1. The van der Waals surface area contributed by atoms with Crippen LogP contribution in [0.1, 0.15) is 42.7 Å². The Balaban J connectivity index is 1.52. The van der Waals surface area contributed by atoms with E-state index < -0.39 is 5.60 Å². The minimum absolute atomic E-state index is 0.0790. The number of carbonyl (C=O) groups is 2. The molecule has 172 valence electrons. The molecular weight excluding hydrogens is 436 g/mol. The zero-order chi connectivity index (χ0) is 23.8. The van der Waals surface area contributed by atoms with Gasteiger partial charge in [0.15, 0.2) is 5.60 Å². The van der Waals surface area contributed by atoms with Gasteiger partial charge in [-0.2, -0.15) is 5.10 Å². The minimum atomic E-state index is -1.02. The second kappa shape index (κ2) is 10.9. The number of likely N-dealkylation sites (tertiary alicyclic amines) is 1. The molecule has 1 fully saturated rings. The fourth-order valence-corrected chi connectivity index (χ4v) is 3.96. The summed E-state index contributed by atoms with van der Waals surface area (Å²) in [6, 6.07) is 6.72. The van der Waals surface area contributed by atoms with Crippen LogP contribution in [0.15, 0.2) is 66.1 Å². The molecule has 7 nitrogen and oxygen atoms in total. The first-order valence-corrected chi connectivity index (χ1v) is 11.5. The molecule has 2 heterocycles. The van der Waals surface area contributed by atoms with Gasteiger partial charge in [-0.15, -0.1) is 11.3 Å². The van der Waals surface area contributed by atoms with Crippen molar-refractivity contribution in [3.8, 4) is 5.75 Å². The lowest BCUT2D eigenvalue weighted by molar-refractivity contribution is -0.145. The molecule has 0 spiro atoms. The van der Waals surface area contributed by atoms with E-state index in [1.54, 1.807) is 49.1 Å². The van der Waals surface area contributed by atoms with E-state index in [2.05, 4.69) is 28.7 Å². The molecule has 0 radical (unpaired) electrons. The number of hydrogen-bond acceptors (Lipinski definition) is 7. The molecule has 0 bridgehead atoms. The van der Waals surface area contributed by atoms with Gasteiger partial charge in [-0.25, -0.2) is 4.98 Å². The van der Waals surface area contributed by atoms with Gasteiger partial charge >= 0.3 is 0 Å². The predicted octanol–water partition coefficient (Wildman–Crippen LogP) is 4.96. The Kier molecular flexibility index (Phi) is 7.95. The molecule has 1 aromatic carbocycles. The quantitative estimate of drug-likeness (QED) is 0.322. The Labute approximate surface area is 198 Å². The van der Waals surface area contributed by atoms with Gasteiger partial charge in [0.25, 0.3) is 5.91 Å². The molecule has 0 saturated carbocycles. The van der Waals surface area contributed by atoms with E-state index in [-0.39, 0.29) is 5.91 Å². The number of benzene rings is 1. The molecular formula is C25H28N4O3S. The highest BCUT2D eigenvalue weighted by Gasteiger charge is 2.35. The molecule has 3 rings (SSSR count). The van der Waals surface area contributed by atoms with Crippen molar-refractivity contribution in [1.82, 2.24) is 9.88 Å². The SMILES string of the molecule is C=C/C=C\C(=C)c1csc(NN=C2CCN(C(=O)C(C)(C)Oc3ccc(C=O)cc3)CC2)n1. The summed E-state index contributed by atoms with van der Waals surface area (Å²) in [5.41, 5.74) is 5.16. The lowest BCUT2D eigenvalue weighted by Crippen LogP contribution is -2.51. The van der Waals surface area contributed by atoms with Crippen molar-refractivity contribution in [2.45, 2.75) is 32.3 Å². The summed E-state index contributed by atoms with van der Waals surface area (Å²) in [5, 5.41) is 7.10. The van der Waals surface area contributed by atoms with Crippen molar-refractivity contribution in [3.63, 3.8) is 0 Å². The van der Waals surface area contributed by atoms with Crippen LogP contribution in [0.3, 0.4) is 0 Å². The number of hydrazone groups is 1. The maximum Gasteiger partial charge on any atom is 0.266 e. The molecule has 1 saturated heterocycles. The number of allylic oxidation sites excluding steroid dienone is 4. The largest absolute Gasteiger partial charge is 0.478 e. The van der Waals surface area contributed by atoms with Crippen molar-refractivity contribution in [2.75, 3.05) is 18.5 Å². The van der Waals surface area contributed by atoms with Gasteiger partial charge in [0.1, 0.15) is 12.0 Å². The Morgan fingerprint density at radius 3 is 2.61 bits per heavy atom. The van der Waals surface area contributed by atoms with Crippen LogP contribution in [0.25, 0.3) is 5.57 Å². The van der Waals surface area contributed by atoms with Crippen LogP contribution >= 0.6 is 11.3 Å².